The van der Waals surface area contributed by atoms with Gasteiger partial charge in [0.2, 0.25) is 0 Å². The molecule has 1 atom stereocenters. The average Bonchev–Trinajstić information content (AvgIpc) is 3.32. The predicted molar refractivity (Wildman–Crippen MR) is 126 cm³/mol. The monoisotopic (exact) mass is 475 g/mol. The number of rotatable bonds is 8. The Morgan fingerprint density at radius 2 is 1.80 bits per heavy atom. The number of aromatic nitrogens is 3. The SMILES string of the molecule is CCOC(=O)C1=C(C)NC(=O)NC1c1ccc(OCc2cn(-c3ccc(C(C)=O)cc3)nn2)cc1. The number of carbonyl (C=O) groups excluding carboxylic acids is 3. The van der Waals surface area contributed by atoms with Crippen molar-refractivity contribution in [2.24, 2.45) is 0 Å². The number of urea groups is 1. The Morgan fingerprint density at radius 1 is 1.09 bits per heavy atom. The van der Waals surface area contributed by atoms with Gasteiger partial charge >= 0.3 is 12.0 Å². The van der Waals surface area contributed by atoms with E-state index in [1.54, 1.807) is 73.3 Å². The van der Waals surface area contributed by atoms with Crippen molar-refractivity contribution < 1.29 is 23.9 Å². The van der Waals surface area contributed by atoms with Crippen LogP contribution in [0, 0.1) is 0 Å². The highest BCUT2D eigenvalue weighted by Crippen LogP contribution is 2.29. The fourth-order valence-electron chi connectivity index (χ4n) is 3.68. The molecule has 2 heterocycles. The number of ketones is 1. The van der Waals surface area contributed by atoms with E-state index in [-0.39, 0.29) is 25.0 Å². The molecular formula is C25H25N5O5. The quantitative estimate of drug-likeness (QED) is 0.379. The number of nitrogens with one attached hydrogen (secondary N) is 2. The largest absolute Gasteiger partial charge is 0.487 e. The molecule has 0 fully saturated rings. The van der Waals surface area contributed by atoms with E-state index in [9.17, 15) is 14.4 Å². The van der Waals surface area contributed by atoms with Crippen LogP contribution in [-0.4, -0.2) is 39.4 Å². The van der Waals surface area contributed by atoms with Crippen LogP contribution in [0.25, 0.3) is 5.69 Å². The molecule has 0 saturated carbocycles. The highest BCUT2D eigenvalue weighted by Gasteiger charge is 2.32. The lowest BCUT2D eigenvalue weighted by Crippen LogP contribution is -2.45. The van der Waals surface area contributed by atoms with E-state index in [1.165, 1.54) is 6.92 Å². The van der Waals surface area contributed by atoms with Crippen LogP contribution in [0.2, 0.25) is 0 Å². The molecule has 0 spiro atoms. The summed E-state index contributed by atoms with van der Waals surface area (Å²) in [6.45, 7) is 5.35. The van der Waals surface area contributed by atoms with Gasteiger partial charge in [-0.25, -0.2) is 14.3 Å². The number of carbonyl (C=O) groups is 3. The number of ether oxygens (including phenoxy) is 2. The minimum atomic E-state index is -0.633. The van der Waals surface area contributed by atoms with Crippen molar-refractivity contribution in [3.05, 3.63) is 82.8 Å². The molecule has 1 aliphatic rings. The van der Waals surface area contributed by atoms with Crippen LogP contribution in [0.15, 0.2) is 66.0 Å². The van der Waals surface area contributed by atoms with Gasteiger partial charge in [0.1, 0.15) is 18.1 Å². The molecule has 3 aromatic rings. The Kier molecular flexibility index (Phi) is 6.91. The average molecular weight is 476 g/mol. The second kappa shape index (κ2) is 10.2. The normalized spacial score (nSPS) is 15.3. The van der Waals surface area contributed by atoms with E-state index in [0.29, 0.717) is 28.3 Å². The van der Waals surface area contributed by atoms with E-state index in [1.807, 2.05) is 0 Å². The first-order valence-corrected chi connectivity index (χ1v) is 11.1. The van der Waals surface area contributed by atoms with Gasteiger partial charge in [0.15, 0.2) is 5.78 Å². The smallest absolute Gasteiger partial charge is 0.338 e. The Morgan fingerprint density at radius 3 is 2.46 bits per heavy atom. The number of amides is 2. The molecule has 2 N–H and O–H groups in total. The van der Waals surface area contributed by atoms with Gasteiger partial charge in [-0.05, 0) is 62.7 Å². The number of hydrogen-bond acceptors (Lipinski definition) is 7. The van der Waals surface area contributed by atoms with Crippen LogP contribution in [0.1, 0.15) is 48.4 Å². The van der Waals surface area contributed by atoms with Crippen molar-refractivity contribution in [1.29, 1.82) is 0 Å². The number of esters is 1. The van der Waals surface area contributed by atoms with Crippen LogP contribution in [0.5, 0.6) is 5.75 Å². The first kappa shape index (κ1) is 23.7. The van der Waals surface area contributed by atoms with Crippen molar-refractivity contribution in [3.63, 3.8) is 0 Å². The molecule has 35 heavy (non-hydrogen) atoms. The predicted octanol–water partition coefficient (Wildman–Crippen LogP) is 3.24. The van der Waals surface area contributed by atoms with E-state index < -0.39 is 12.0 Å². The molecule has 0 aliphatic carbocycles. The third-order valence-corrected chi connectivity index (χ3v) is 5.44. The highest BCUT2D eigenvalue weighted by atomic mass is 16.5. The maximum atomic E-state index is 12.5. The van der Waals surface area contributed by atoms with Gasteiger partial charge in [0.05, 0.1) is 30.1 Å². The van der Waals surface area contributed by atoms with Gasteiger partial charge in [-0.15, -0.1) is 5.10 Å². The lowest BCUT2D eigenvalue weighted by Gasteiger charge is -2.28. The summed E-state index contributed by atoms with van der Waals surface area (Å²) in [5.41, 5.74) is 3.56. The van der Waals surface area contributed by atoms with Gasteiger partial charge in [0.25, 0.3) is 0 Å². The molecule has 10 heteroatoms. The number of Topliss-reactive ketones (excluding diaryl/α,β-unsaturated/α-hetero) is 1. The van der Waals surface area contributed by atoms with Crippen LogP contribution < -0.4 is 15.4 Å². The molecule has 10 nitrogen and oxygen atoms in total. The van der Waals surface area contributed by atoms with E-state index in [4.69, 9.17) is 9.47 Å². The number of allylic oxidation sites excluding steroid dienone is 1. The van der Waals surface area contributed by atoms with Gasteiger partial charge < -0.3 is 20.1 Å². The molecule has 0 saturated heterocycles. The van der Waals surface area contributed by atoms with Crippen molar-refractivity contribution in [3.8, 4) is 11.4 Å². The zero-order valence-electron chi connectivity index (χ0n) is 19.6. The molecule has 1 aromatic heterocycles. The Balaban J connectivity index is 1.43. The summed E-state index contributed by atoms with van der Waals surface area (Å²) in [7, 11) is 0. The standard InChI is InChI=1S/C25H25N5O5/c1-4-34-24(32)22-15(2)26-25(33)27-23(22)18-7-11-21(12-8-18)35-14-19-13-30(29-28-19)20-9-5-17(6-10-20)16(3)31/h5-13,23H,4,14H2,1-3H3,(H2,26,27,33). The molecule has 1 aliphatic heterocycles. The molecule has 2 amide bonds. The van der Waals surface area contributed by atoms with E-state index >= 15 is 0 Å². The van der Waals surface area contributed by atoms with Crippen molar-refractivity contribution >= 4 is 17.8 Å². The topological polar surface area (TPSA) is 124 Å². The molecule has 4 rings (SSSR count). The number of benzene rings is 2. The summed E-state index contributed by atoms with van der Waals surface area (Å²) in [6, 6.07) is 13.1. The van der Waals surface area contributed by atoms with Crippen molar-refractivity contribution in [2.45, 2.75) is 33.4 Å². The summed E-state index contributed by atoms with van der Waals surface area (Å²) in [4.78, 5) is 35.9. The van der Waals surface area contributed by atoms with Crippen LogP contribution >= 0.6 is 0 Å². The summed E-state index contributed by atoms with van der Waals surface area (Å²) in [5.74, 6) is 0.107. The second-order valence-electron chi connectivity index (χ2n) is 7.91. The minimum Gasteiger partial charge on any atom is -0.487 e. The van der Waals surface area contributed by atoms with Gasteiger partial charge in [-0.2, -0.15) is 0 Å². The first-order valence-electron chi connectivity index (χ1n) is 11.1. The van der Waals surface area contributed by atoms with E-state index in [0.717, 1.165) is 11.3 Å². The zero-order valence-corrected chi connectivity index (χ0v) is 19.6. The molecule has 0 radical (unpaired) electrons. The fourth-order valence-corrected chi connectivity index (χ4v) is 3.68. The summed E-state index contributed by atoms with van der Waals surface area (Å²) in [6.07, 6.45) is 1.75. The zero-order chi connectivity index (χ0) is 24.9. The third kappa shape index (κ3) is 5.37. The van der Waals surface area contributed by atoms with Crippen LogP contribution in [0.4, 0.5) is 4.79 Å². The number of nitrogens with zero attached hydrogens (tertiary/aromatic N) is 3. The Hall–Kier alpha value is -4.47. The van der Waals surface area contributed by atoms with Gasteiger partial charge in [-0.3, -0.25) is 4.79 Å². The maximum absolute atomic E-state index is 12.5. The second-order valence-corrected chi connectivity index (χ2v) is 7.91. The third-order valence-electron chi connectivity index (χ3n) is 5.44. The van der Waals surface area contributed by atoms with Crippen LogP contribution in [0.3, 0.4) is 0 Å². The van der Waals surface area contributed by atoms with E-state index in [2.05, 4.69) is 20.9 Å². The maximum Gasteiger partial charge on any atom is 0.338 e. The summed E-state index contributed by atoms with van der Waals surface area (Å²) < 4.78 is 12.6. The minimum absolute atomic E-state index is 0.000976. The fraction of sp³-hybridized carbons (Fsp3) is 0.240. The van der Waals surface area contributed by atoms with Crippen LogP contribution in [-0.2, 0) is 16.1 Å². The lowest BCUT2D eigenvalue weighted by molar-refractivity contribution is -0.139. The molecule has 2 aromatic carbocycles. The Bertz CT molecular complexity index is 1280. The molecule has 1 unspecified atom stereocenters. The van der Waals surface area contributed by atoms with Gasteiger partial charge in [-0.1, -0.05) is 17.3 Å². The summed E-state index contributed by atoms with van der Waals surface area (Å²) >= 11 is 0. The van der Waals surface area contributed by atoms with Gasteiger partial charge in [0, 0.05) is 11.3 Å². The highest BCUT2D eigenvalue weighted by molar-refractivity contribution is 5.95. The first-order chi connectivity index (χ1) is 16.9. The molecule has 180 valence electrons. The molecular weight excluding hydrogens is 450 g/mol. The summed E-state index contributed by atoms with van der Waals surface area (Å²) in [5, 5.41) is 13.6. The van der Waals surface area contributed by atoms with Crippen molar-refractivity contribution in [1.82, 2.24) is 25.6 Å². The number of hydrogen-bond donors (Lipinski definition) is 2. The van der Waals surface area contributed by atoms with Crippen molar-refractivity contribution in [2.75, 3.05) is 6.61 Å². The molecule has 0 bridgehead atoms. The lowest BCUT2D eigenvalue weighted by atomic mass is 9.95. The Labute approximate surface area is 201 Å².